The number of carbonyl (C=O) groups is 1. The molecule has 0 saturated heterocycles. The van der Waals surface area contributed by atoms with E-state index in [-0.39, 0.29) is 12.0 Å². The van der Waals surface area contributed by atoms with Gasteiger partial charge in [0.25, 0.3) is 0 Å². The van der Waals surface area contributed by atoms with Crippen molar-refractivity contribution in [2.24, 2.45) is 0 Å². The largest absolute Gasteiger partial charge is 0.465 e. The highest BCUT2D eigenvalue weighted by atomic mass is 32.2. The standard InChI is InChI=1S/C13H19NO2S/c1-4-16-13(15)12(14-3)9-17-11-7-5-10(2)6-8-11/h5-8,12,14H,4,9H2,1-3H3. The molecule has 1 unspecified atom stereocenters. The van der Waals surface area contributed by atoms with Crippen LogP contribution < -0.4 is 5.32 Å². The van der Waals surface area contributed by atoms with Gasteiger partial charge in [-0.25, -0.2) is 0 Å². The molecule has 0 aliphatic carbocycles. The lowest BCUT2D eigenvalue weighted by Gasteiger charge is -2.14. The molecule has 0 aliphatic heterocycles. The fraction of sp³-hybridized carbons (Fsp3) is 0.462. The lowest BCUT2D eigenvalue weighted by molar-refractivity contribution is -0.144. The lowest BCUT2D eigenvalue weighted by atomic mass is 10.2. The van der Waals surface area contributed by atoms with Crippen LogP contribution in [0.15, 0.2) is 29.2 Å². The summed E-state index contributed by atoms with van der Waals surface area (Å²) in [5, 5.41) is 2.97. The molecule has 0 amide bonds. The maximum absolute atomic E-state index is 11.6. The van der Waals surface area contributed by atoms with E-state index in [2.05, 4.69) is 36.5 Å². The Kier molecular flexibility index (Phi) is 6.08. The number of ether oxygens (including phenoxy) is 1. The van der Waals surface area contributed by atoms with Crippen molar-refractivity contribution < 1.29 is 9.53 Å². The Morgan fingerprint density at radius 3 is 2.59 bits per heavy atom. The Labute approximate surface area is 107 Å². The van der Waals surface area contributed by atoms with Crippen molar-refractivity contribution in [1.29, 1.82) is 0 Å². The summed E-state index contributed by atoms with van der Waals surface area (Å²) in [6.07, 6.45) is 0. The molecule has 0 heterocycles. The maximum Gasteiger partial charge on any atom is 0.323 e. The van der Waals surface area contributed by atoms with Crippen LogP contribution in [0, 0.1) is 6.92 Å². The average Bonchev–Trinajstić information content (AvgIpc) is 2.32. The van der Waals surface area contributed by atoms with Gasteiger partial charge in [-0.3, -0.25) is 4.79 Å². The number of esters is 1. The Balaban J connectivity index is 2.47. The third-order valence-corrected chi connectivity index (χ3v) is 3.46. The summed E-state index contributed by atoms with van der Waals surface area (Å²) in [5.74, 6) is 0.493. The first-order valence-electron chi connectivity index (χ1n) is 5.70. The van der Waals surface area contributed by atoms with Gasteiger partial charge in [-0.05, 0) is 33.0 Å². The second kappa shape index (κ2) is 7.35. The summed E-state index contributed by atoms with van der Waals surface area (Å²) in [6.45, 7) is 4.30. The number of thioether (sulfide) groups is 1. The normalized spacial score (nSPS) is 12.2. The minimum Gasteiger partial charge on any atom is -0.465 e. The van der Waals surface area contributed by atoms with Crippen molar-refractivity contribution in [3.8, 4) is 0 Å². The SMILES string of the molecule is CCOC(=O)C(CSc1ccc(C)cc1)NC. The van der Waals surface area contributed by atoms with Crippen LogP contribution in [-0.4, -0.2) is 31.4 Å². The minimum absolute atomic E-state index is 0.186. The zero-order chi connectivity index (χ0) is 12.7. The van der Waals surface area contributed by atoms with Gasteiger partial charge in [0.2, 0.25) is 0 Å². The quantitative estimate of drug-likeness (QED) is 0.623. The molecule has 1 N–H and O–H groups in total. The van der Waals surface area contributed by atoms with E-state index < -0.39 is 0 Å². The molecule has 0 spiro atoms. The average molecular weight is 253 g/mol. The molecule has 0 bridgehead atoms. The highest BCUT2D eigenvalue weighted by Gasteiger charge is 2.17. The van der Waals surface area contributed by atoms with Gasteiger partial charge in [-0.1, -0.05) is 17.7 Å². The molecule has 1 aromatic rings. The Bertz CT molecular complexity index is 351. The third-order valence-electron chi connectivity index (χ3n) is 2.36. The van der Waals surface area contributed by atoms with Crippen molar-refractivity contribution in [1.82, 2.24) is 5.32 Å². The van der Waals surface area contributed by atoms with Gasteiger partial charge < -0.3 is 10.1 Å². The summed E-state index contributed by atoms with van der Waals surface area (Å²) in [7, 11) is 1.78. The van der Waals surface area contributed by atoms with Crippen LogP contribution in [-0.2, 0) is 9.53 Å². The summed E-state index contributed by atoms with van der Waals surface area (Å²) >= 11 is 1.65. The van der Waals surface area contributed by atoms with Gasteiger partial charge >= 0.3 is 5.97 Å². The van der Waals surface area contributed by atoms with Crippen LogP contribution in [0.25, 0.3) is 0 Å². The third kappa shape index (κ3) is 4.79. The van der Waals surface area contributed by atoms with Gasteiger partial charge in [-0.15, -0.1) is 11.8 Å². The Morgan fingerprint density at radius 2 is 2.06 bits per heavy atom. The van der Waals surface area contributed by atoms with Crippen LogP contribution >= 0.6 is 11.8 Å². The van der Waals surface area contributed by atoms with Crippen LogP contribution in [0.2, 0.25) is 0 Å². The number of carbonyl (C=O) groups excluding carboxylic acids is 1. The highest BCUT2D eigenvalue weighted by Crippen LogP contribution is 2.19. The van der Waals surface area contributed by atoms with E-state index >= 15 is 0 Å². The first kappa shape index (κ1) is 14.1. The number of aryl methyl sites for hydroxylation is 1. The van der Waals surface area contributed by atoms with E-state index in [1.165, 1.54) is 10.5 Å². The number of benzene rings is 1. The van der Waals surface area contributed by atoms with Gasteiger partial charge in [0.05, 0.1) is 6.61 Å². The molecular formula is C13H19NO2S. The fourth-order valence-electron chi connectivity index (χ4n) is 1.33. The van der Waals surface area contributed by atoms with E-state index in [0.29, 0.717) is 12.4 Å². The van der Waals surface area contributed by atoms with Crippen LogP contribution in [0.1, 0.15) is 12.5 Å². The van der Waals surface area contributed by atoms with Crippen molar-refractivity contribution >= 4 is 17.7 Å². The van der Waals surface area contributed by atoms with Gasteiger partial charge in [0.1, 0.15) is 6.04 Å². The second-order valence-corrected chi connectivity index (χ2v) is 4.81. The Hall–Kier alpha value is -1.00. The van der Waals surface area contributed by atoms with Gasteiger partial charge in [-0.2, -0.15) is 0 Å². The van der Waals surface area contributed by atoms with E-state index in [1.54, 1.807) is 18.8 Å². The molecule has 17 heavy (non-hydrogen) atoms. The van der Waals surface area contributed by atoms with E-state index in [9.17, 15) is 4.79 Å². The predicted molar refractivity (Wildman–Crippen MR) is 71.4 cm³/mol. The fourth-order valence-corrected chi connectivity index (χ4v) is 2.32. The van der Waals surface area contributed by atoms with E-state index in [0.717, 1.165) is 0 Å². The molecule has 0 radical (unpaired) electrons. The van der Waals surface area contributed by atoms with E-state index in [1.807, 2.05) is 6.92 Å². The highest BCUT2D eigenvalue weighted by molar-refractivity contribution is 7.99. The zero-order valence-electron chi connectivity index (χ0n) is 10.5. The summed E-state index contributed by atoms with van der Waals surface area (Å²) in [6, 6.07) is 8.03. The zero-order valence-corrected chi connectivity index (χ0v) is 11.3. The van der Waals surface area contributed by atoms with Crippen molar-refractivity contribution in [3.63, 3.8) is 0 Å². The topological polar surface area (TPSA) is 38.3 Å². The molecule has 94 valence electrons. The first-order valence-corrected chi connectivity index (χ1v) is 6.69. The van der Waals surface area contributed by atoms with Crippen molar-refractivity contribution in [3.05, 3.63) is 29.8 Å². The molecule has 0 aromatic heterocycles. The molecule has 3 nitrogen and oxygen atoms in total. The molecule has 1 rings (SSSR count). The number of hydrogen-bond acceptors (Lipinski definition) is 4. The number of nitrogens with one attached hydrogen (secondary N) is 1. The molecule has 1 aromatic carbocycles. The number of likely N-dealkylation sites (N-methyl/N-ethyl adjacent to an activating group) is 1. The van der Waals surface area contributed by atoms with Gasteiger partial charge in [0.15, 0.2) is 0 Å². The Morgan fingerprint density at radius 1 is 1.41 bits per heavy atom. The molecule has 1 atom stereocenters. The monoisotopic (exact) mass is 253 g/mol. The first-order chi connectivity index (χ1) is 8.17. The molecule has 0 aliphatic rings. The van der Waals surface area contributed by atoms with Crippen LogP contribution in [0.5, 0.6) is 0 Å². The molecule has 0 fully saturated rings. The summed E-state index contributed by atoms with van der Waals surface area (Å²) in [5.41, 5.74) is 1.24. The van der Waals surface area contributed by atoms with Crippen molar-refractivity contribution in [2.75, 3.05) is 19.4 Å². The van der Waals surface area contributed by atoms with Gasteiger partial charge in [0, 0.05) is 10.6 Å². The lowest BCUT2D eigenvalue weighted by Crippen LogP contribution is -2.37. The van der Waals surface area contributed by atoms with Crippen LogP contribution in [0.3, 0.4) is 0 Å². The van der Waals surface area contributed by atoms with E-state index in [4.69, 9.17) is 4.74 Å². The minimum atomic E-state index is -0.249. The number of hydrogen-bond donors (Lipinski definition) is 1. The molecule has 0 saturated carbocycles. The smallest absolute Gasteiger partial charge is 0.323 e. The summed E-state index contributed by atoms with van der Waals surface area (Å²) < 4.78 is 4.99. The molecule has 4 heteroatoms. The predicted octanol–water partition coefficient (Wildman–Crippen LogP) is 2.24. The number of rotatable bonds is 6. The molecular weight excluding hydrogens is 234 g/mol. The van der Waals surface area contributed by atoms with Crippen LogP contribution in [0.4, 0.5) is 0 Å². The van der Waals surface area contributed by atoms with Crippen molar-refractivity contribution in [2.45, 2.75) is 24.8 Å². The second-order valence-electron chi connectivity index (χ2n) is 3.72. The maximum atomic E-state index is 11.6. The summed E-state index contributed by atoms with van der Waals surface area (Å²) in [4.78, 5) is 12.7.